The van der Waals surface area contributed by atoms with E-state index < -0.39 is 12.0 Å². The predicted molar refractivity (Wildman–Crippen MR) is 86.6 cm³/mol. The summed E-state index contributed by atoms with van der Waals surface area (Å²) in [7, 11) is 0. The van der Waals surface area contributed by atoms with Gasteiger partial charge in [0.1, 0.15) is 6.04 Å². The molecule has 1 heterocycles. The third-order valence-corrected chi connectivity index (χ3v) is 3.94. The fourth-order valence-corrected chi connectivity index (χ4v) is 2.80. The van der Waals surface area contributed by atoms with Crippen LogP contribution in [0.5, 0.6) is 0 Å². The molecule has 3 rings (SSSR count). The SMILES string of the molecule is O=C(O)c1cccc(C(=O)N2CCNC(=O)[C@@H]2c2ccccc2)c1. The summed E-state index contributed by atoms with van der Waals surface area (Å²) in [4.78, 5) is 37.8. The van der Waals surface area contributed by atoms with Crippen LogP contribution in [0.3, 0.4) is 0 Å². The minimum absolute atomic E-state index is 0.0403. The fourth-order valence-electron chi connectivity index (χ4n) is 2.80. The van der Waals surface area contributed by atoms with Crippen molar-refractivity contribution >= 4 is 17.8 Å². The van der Waals surface area contributed by atoms with Gasteiger partial charge in [0, 0.05) is 18.7 Å². The molecule has 1 atom stereocenters. The number of benzene rings is 2. The molecule has 0 radical (unpaired) electrons. The van der Waals surface area contributed by atoms with Gasteiger partial charge in [-0.25, -0.2) is 4.79 Å². The van der Waals surface area contributed by atoms with Gasteiger partial charge < -0.3 is 15.3 Å². The van der Waals surface area contributed by atoms with Crippen molar-refractivity contribution in [1.29, 1.82) is 0 Å². The number of nitrogens with one attached hydrogen (secondary N) is 1. The van der Waals surface area contributed by atoms with E-state index in [0.29, 0.717) is 13.1 Å². The van der Waals surface area contributed by atoms with E-state index >= 15 is 0 Å². The molecule has 2 aromatic carbocycles. The van der Waals surface area contributed by atoms with Crippen molar-refractivity contribution in [2.45, 2.75) is 6.04 Å². The molecule has 0 aromatic heterocycles. The molecule has 0 aliphatic carbocycles. The molecule has 24 heavy (non-hydrogen) atoms. The number of amides is 2. The van der Waals surface area contributed by atoms with E-state index in [1.54, 1.807) is 18.2 Å². The van der Waals surface area contributed by atoms with Crippen LogP contribution in [-0.2, 0) is 4.79 Å². The first-order valence-electron chi connectivity index (χ1n) is 7.55. The fraction of sp³-hybridized carbons (Fsp3) is 0.167. The summed E-state index contributed by atoms with van der Waals surface area (Å²) in [5.41, 5.74) is 1.02. The number of carbonyl (C=O) groups excluding carboxylic acids is 2. The van der Waals surface area contributed by atoms with E-state index in [-0.39, 0.29) is 22.9 Å². The lowest BCUT2D eigenvalue weighted by molar-refractivity contribution is -0.128. The highest BCUT2D eigenvalue weighted by Gasteiger charge is 2.34. The monoisotopic (exact) mass is 324 g/mol. The molecular weight excluding hydrogens is 308 g/mol. The van der Waals surface area contributed by atoms with E-state index in [2.05, 4.69) is 5.32 Å². The van der Waals surface area contributed by atoms with E-state index in [1.807, 2.05) is 18.2 Å². The van der Waals surface area contributed by atoms with Crippen molar-refractivity contribution in [3.8, 4) is 0 Å². The lowest BCUT2D eigenvalue weighted by atomic mass is 10.0. The third-order valence-electron chi connectivity index (χ3n) is 3.94. The van der Waals surface area contributed by atoms with Gasteiger partial charge in [0.05, 0.1) is 5.56 Å². The first-order valence-corrected chi connectivity index (χ1v) is 7.55. The average molecular weight is 324 g/mol. The molecule has 0 saturated carbocycles. The number of nitrogens with zero attached hydrogens (tertiary/aromatic N) is 1. The van der Waals surface area contributed by atoms with Gasteiger partial charge in [-0.2, -0.15) is 0 Å². The van der Waals surface area contributed by atoms with Crippen LogP contribution in [-0.4, -0.2) is 40.9 Å². The predicted octanol–water partition coefficient (Wildman–Crippen LogP) is 1.70. The van der Waals surface area contributed by atoms with Gasteiger partial charge in [-0.05, 0) is 23.8 Å². The largest absolute Gasteiger partial charge is 0.478 e. The summed E-state index contributed by atoms with van der Waals surface area (Å²) in [6.07, 6.45) is 0. The summed E-state index contributed by atoms with van der Waals surface area (Å²) < 4.78 is 0. The summed E-state index contributed by atoms with van der Waals surface area (Å²) in [6, 6.07) is 14.2. The summed E-state index contributed by atoms with van der Waals surface area (Å²) >= 11 is 0. The van der Waals surface area contributed by atoms with Crippen molar-refractivity contribution < 1.29 is 19.5 Å². The van der Waals surface area contributed by atoms with Crippen LogP contribution in [0.4, 0.5) is 0 Å². The van der Waals surface area contributed by atoms with E-state index in [1.165, 1.54) is 23.1 Å². The number of hydrogen-bond acceptors (Lipinski definition) is 3. The van der Waals surface area contributed by atoms with Gasteiger partial charge in [-0.1, -0.05) is 36.4 Å². The van der Waals surface area contributed by atoms with Crippen LogP contribution in [0.15, 0.2) is 54.6 Å². The lowest BCUT2D eigenvalue weighted by Gasteiger charge is -2.35. The van der Waals surface area contributed by atoms with Crippen molar-refractivity contribution in [2.75, 3.05) is 13.1 Å². The number of carboxylic acid groups (broad SMARTS) is 1. The highest BCUT2D eigenvalue weighted by molar-refractivity contribution is 6.00. The molecular formula is C18H16N2O4. The van der Waals surface area contributed by atoms with E-state index in [4.69, 9.17) is 5.11 Å². The van der Waals surface area contributed by atoms with Crippen LogP contribution in [0.1, 0.15) is 32.3 Å². The number of aromatic carboxylic acids is 1. The van der Waals surface area contributed by atoms with E-state index in [0.717, 1.165) is 5.56 Å². The zero-order valence-electron chi connectivity index (χ0n) is 12.8. The quantitative estimate of drug-likeness (QED) is 0.899. The normalized spacial score (nSPS) is 17.2. The van der Waals surface area contributed by atoms with Crippen molar-refractivity contribution in [1.82, 2.24) is 10.2 Å². The first-order chi connectivity index (χ1) is 11.6. The molecule has 2 amide bonds. The Morgan fingerprint density at radius 3 is 2.46 bits per heavy atom. The highest BCUT2D eigenvalue weighted by atomic mass is 16.4. The van der Waals surface area contributed by atoms with Gasteiger partial charge in [0.25, 0.3) is 5.91 Å². The highest BCUT2D eigenvalue weighted by Crippen LogP contribution is 2.25. The Labute approximate surface area is 138 Å². The summed E-state index contributed by atoms with van der Waals surface area (Å²) in [5, 5.41) is 11.9. The smallest absolute Gasteiger partial charge is 0.335 e. The molecule has 0 spiro atoms. The molecule has 0 bridgehead atoms. The summed E-state index contributed by atoms with van der Waals surface area (Å²) in [5.74, 6) is -1.70. The molecule has 2 aromatic rings. The van der Waals surface area contributed by atoms with Crippen LogP contribution >= 0.6 is 0 Å². The molecule has 122 valence electrons. The number of piperazine rings is 1. The second kappa shape index (κ2) is 6.54. The first kappa shape index (κ1) is 15.7. The number of carboxylic acids is 1. The maximum Gasteiger partial charge on any atom is 0.335 e. The van der Waals surface area contributed by atoms with Crippen molar-refractivity contribution in [2.24, 2.45) is 0 Å². The van der Waals surface area contributed by atoms with Gasteiger partial charge in [-0.3, -0.25) is 9.59 Å². The maximum absolute atomic E-state index is 12.9. The van der Waals surface area contributed by atoms with Crippen molar-refractivity contribution in [3.63, 3.8) is 0 Å². The van der Waals surface area contributed by atoms with Crippen LogP contribution < -0.4 is 5.32 Å². The molecule has 1 saturated heterocycles. The minimum Gasteiger partial charge on any atom is -0.478 e. The van der Waals surface area contributed by atoms with Gasteiger partial charge in [0.2, 0.25) is 5.91 Å². The molecule has 6 nitrogen and oxygen atoms in total. The Morgan fingerprint density at radius 2 is 1.75 bits per heavy atom. The molecule has 6 heteroatoms. The number of hydrogen-bond donors (Lipinski definition) is 2. The Kier molecular flexibility index (Phi) is 4.29. The van der Waals surface area contributed by atoms with Gasteiger partial charge in [-0.15, -0.1) is 0 Å². The third kappa shape index (κ3) is 2.99. The maximum atomic E-state index is 12.9. The Hall–Kier alpha value is -3.15. The Bertz CT molecular complexity index is 789. The topological polar surface area (TPSA) is 86.7 Å². The Morgan fingerprint density at radius 1 is 1.04 bits per heavy atom. The zero-order chi connectivity index (χ0) is 17.1. The second-order valence-electron chi connectivity index (χ2n) is 5.49. The van der Waals surface area contributed by atoms with Crippen LogP contribution in [0.2, 0.25) is 0 Å². The average Bonchev–Trinajstić information content (AvgIpc) is 2.61. The zero-order valence-corrected chi connectivity index (χ0v) is 12.8. The van der Waals surface area contributed by atoms with Gasteiger partial charge >= 0.3 is 5.97 Å². The molecule has 1 aliphatic rings. The molecule has 2 N–H and O–H groups in total. The summed E-state index contributed by atoms with van der Waals surface area (Å²) in [6.45, 7) is 0.730. The van der Waals surface area contributed by atoms with E-state index in [9.17, 15) is 14.4 Å². The minimum atomic E-state index is -1.10. The number of rotatable bonds is 3. The number of carbonyl (C=O) groups is 3. The van der Waals surface area contributed by atoms with Crippen molar-refractivity contribution in [3.05, 3.63) is 71.3 Å². The molecule has 0 unspecified atom stereocenters. The van der Waals surface area contributed by atoms with Crippen LogP contribution in [0, 0.1) is 0 Å². The lowest BCUT2D eigenvalue weighted by Crippen LogP contribution is -2.52. The second-order valence-corrected chi connectivity index (χ2v) is 5.49. The van der Waals surface area contributed by atoms with Crippen LogP contribution in [0.25, 0.3) is 0 Å². The standard InChI is InChI=1S/C18H16N2O4/c21-16-15(12-5-2-1-3-6-12)20(10-9-19-16)17(22)13-7-4-8-14(11-13)18(23)24/h1-8,11,15H,9-10H2,(H,19,21)(H,23,24)/t15-/m0/s1. The molecule has 1 aliphatic heterocycles. The Balaban J connectivity index is 1.96. The molecule has 1 fully saturated rings. The van der Waals surface area contributed by atoms with Gasteiger partial charge in [0.15, 0.2) is 0 Å².